The molecule has 6 rings (SSSR count). The molecule has 0 unspecified atom stereocenters. The second kappa shape index (κ2) is 9.31. The maximum atomic E-state index is 12.7. The average Bonchev–Trinajstić information content (AvgIpc) is 3.52. The maximum Gasteiger partial charge on any atom is 0.317 e. The molecule has 4 aromatic rings. The zero-order valence-corrected chi connectivity index (χ0v) is 20.4. The molecule has 174 valence electrons. The van der Waals surface area contributed by atoms with Gasteiger partial charge in [0, 0.05) is 29.7 Å². The summed E-state index contributed by atoms with van der Waals surface area (Å²) in [5.74, 6) is 0.798. The van der Waals surface area contributed by atoms with Gasteiger partial charge in [-0.15, -0.1) is 22.7 Å². The van der Waals surface area contributed by atoms with E-state index in [1.807, 2.05) is 16.5 Å². The van der Waals surface area contributed by atoms with E-state index in [0.29, 0.717) is 12.6 Å². The standard InChI is InChI=1S/C25H26N6OS2/c32-25(30-17-4-2-1-3-5-17)31-10-8-16(9-11-31)22-13-19-23(26-14-27-24(19)34-22)29-18-6-7-21-20(12-18)28-15-33-21/h6-8,12-15,17H,1-5,9-11H2,(H,30,32)(H,26,27,29). The minimum absolute atomic E-state index is 0.0768. The van der Waals surface area contributed by atoms with Crippen LogP contribution in [0, 0.1) is 0 Å². The summed E-state index contributed by atoms with van der Waals surface area (Å²) in [4.78, 5) is 30.2. The van der Waals surface area contributed by atoms with Crippen molar-refractivity contribution >= 4 is 66.2 Å². The molecule has 2 amide bonds. The molecule has 9 heteroatoms. The third-order valence-electron chi connectivity index (χ3n) is 6.67. The Bertz CT molecular complexity index is 1370. The van der Waals surface area contributed by atoms with E-state index in [1.165, 1.54) is 34.4 Å². The van der Waals surface area contributed by atoms with Gasteiger partial charge in [0.15, 0.2) is 0 Å². The number of benzene rings is 1. The van der Waals surface area contributed by atoms with E-state index < -0.39 is 0 Å². The van der Waals surface area contributed by atoms with Gasteiger partial charge in [-0.3, -0.25) is 0 Å². The first-order valence-electron chi connectivity index (χ1n) is 11.8. The van der Waals surface area contributed by atoms with E-state index in [0.717, 1.165) is 53.0 Å². The first-order valence-corrected chi connectivity index (χ1v) is 13.5. The zero-order chi connectivity index (χ0) is 22.9. The molecule has 0 spiro atoms. The van der Waals surface area contributed by atoms with Crippen LogP contribution in [0.25, 0.3) is 26.0 Å². The lowest BCUT2D eigenvalue weighted by Gasteiger charge is -2.30. The van der Waals surface area contributed by atoms with Gasteiger partial charge >= 0.3 is 6.03 Å². The van der Waals surface area contributed by atoms with E-state index >= 15 is 0 Å². The number of nitrogens with zero attached hydrogens (tertiary/aromatic N) is 4. The van der Waals surface area contributed by atoms with Crippen molar-refractivity contribution in [1.29, 1.82) is 0 Å². The SMILES string of the molecule is O=C(NC1CCCCC1)N1CC=C(c2cc3c(Nc4ccc5scnc5c4)ncnc3s2)CC1. The topological polar surface area (TPSA) is 83.0 Å². The number of nitrogens with one attached hydrogen (secondary N) is 2. The second-order valence-electron chi connectivity index (χ2n) is 8.92. The number of hydrogen-bond acceptors (Lipinski definition) is 7. The molecule has 3 aromatic heterocycles. The number of thiophene rings is 1. The van der Waals surface area contributed by atoms with Crippen molar-refractivity contribution in [2.75, 3.05) is 18.4 Å². The van der Waals surface area contributed by atoms with Crippen molar-refractivity contribution in [3.05, 3.63) is 47.1 Å². The van der Waals surface area contributed by atoms with Crippen molar-refractivity contribution < 1.29 is 4.79 Å². The number of urea groups is 1. The quantitative estimate of drug-likeness (QED) is 0.357. The van der Waals surface area contributed by atoms with Crippen LogP contribution < -0.4 is 10.6 Å². The highest BCUT2D eigenvalue weighted by Gasteiger charge is 2.23. The molecule has 0 bridgehead atoms. The lowest BCUT2D eigenvalue weighted by Crippen LogP contribution is -2.46. The molecule has 1 saturated carbocycles. The van der Waals surface area contributed by atoms with Gasteiger partial charge in [0.1, 0.15) is 17.0 Å². The van der Waals surface area contributed by atoms with Gasteiger partial charge < -0.3 is 15.5 Å². The van der Waals surface area contributed by atoms with Gasteiger partial charge in [-0.1, -0.05) is 25.3 Å². The highest BCUT2D eigenvalue weighted by molar-refractivity contribution is 7.19. The zero-order valence-electron chi connectivity index (χ0n) is 18.8. The molecular weight excluding hydrogens is 464 g/mol. The average molecular weight is 491 g/mol. The number of aromatic nitrogens is 3. The Morgan fingerprint density at radius 2 is 2.00 bits per heavy atom. The molecule has 1 fully saturated rings. The Balaban J connectivity index is 1.17. The van der Waals surface area contributed by atoms with Gasteiger partial charge in [0.2, 0.25) is 0 Å². The van der Waals surface area contributed by atoms with Gasteiger partial charge in [0.25, 0.3) is 0 Å². The third kappa shape index (κ3) is 4.37. The fourth-order valence-corrected chi connectivity index (χ4v) is 6.50. The highest BCUT2D eigenvalue weighted by atomic mass is 32.1. The summed E-state index contributed by atoms with van der Waals surface area (Å²) in [6.45, 7) is 1.38. The fraction of sp³-hybridized carbons (Fsp3) is 0.360. The largest absolute Gasteiger partial charge is 0.340 e. The third-order valence-corrected chi connectivity index (χ3v) is 8.60. The Morgan fingerprint density at radius 1 is 1.09 bits per heavy atom. The summed E-state index contributed by atoms with van der Waals surface area (Å²) in [5, 5.41) is 7.69. The van der Waals surface area contributed by atoms with Gasteiger partial charge in [-0.05, 0) is 49.1 Å². The number of amides is 2. The lowest BCUT2D eigenvalue weighted by atomic mass is 9.96. The number of rotatable bonds is 4. The first-order chi connectivity index (χ1) is 16.7. The van der Waals surface area contributed by atoms with Crippen molar-refractivity contribution in [3.63, 3.8) is 0 Å². The molecule has 34 heavy (non-hydrogen) atoms. The number of hydrogen-bond donors (Lipinski definition) is 2. The van der Waals surface area contributed by atoms with Crippen LogP contribution >= 0.6 is 22.7 Å². The number of fused-ring (bicyclic) bond motifs is 2. The van der Waals surface area contributed by atoms with E-state index in [9.17, 15) is 4.79 Å². The molecule has 7 nitrogen and oxygen atoms in total. The molecular formula is C25H26N6OS2. The van der Waals surface area contributed by atoms with Gasteiger partial charge in [0.05, 0.1) is 21.1 Å². The van der Waals surface area contributed by atoms with Crippen LogP contribution in [-0.2, 0) is 0 Å². The summed E-state index contributed by atoms with van der Waals surface area (Å²) in [7, 11) is 0. The number of carbonyl (C=O) groups is 1. The molecule has 1 aliphatic heterocycles. The summed E-state index contributed by atoms with van der Waals surface area (Å²) in [5.41, 5.74) is 5.08. The highest BCUT2D eigenvalue weighted by Crippen LogP contribution is 2.36. The predicted octanol–water partition coefficient (Wildman–Crippen LogP) is 6.18. The van der Waals surface area contributed by atoms with E-state index in [4.69, 9.17) is 0 Å². The van der Waals surface area contributed by atoms with Crippen molar-refractivity contribution in [1.82, 2.24) is 25.2 Å². The Kier molecular flexibility index (Phi) is 5.88. The second-order valence-corrected chi connectivity index (χ2v) is 10.8. The molecule has 1 aromatic carbocycles. The van der Waals surface area contributed by atoms with Crippen LogP contribution in [0.4, 0.5) is 16.3 Å². The molecule has 1 aliphatic carbocycles. The Hall–Kier alpha value is -3.04. The normalized spacial score (nSPS) is 17.2. The number of anilines is 2. The van der Waals surface area contributed by atoms with Crippen LogP contribution in [0.1, 0.15) is 43.4 Å². The minimum Gasteiger partial charge on any atom is -0.340 e. The van der Waals surface area contributed by atoms with Crippen LogP contribution in [0.15, 0.2) is 42.2 Å². The van der Waals surface area contributed by atoms with Crippen molar-refractivity contribution in [3.8, 4) is 0 Å². The van der Waals surface area contributed by atoms with Gasteiger partial charge in [-0.2, -0.15) is 0 Å². The number of carbonyl (C=O) groups excluding carboxylic acids is 1. The predicted molar refractivity (Wildman–Crippen MR) is 140 cm³/mol. The minimum atomic E-state index is 0.0768. The number of thiazole rings is 1. The van der Waals surface area contributed by atoms with Crippen molar-refractivity contribution in [2.24, 2.45) is 0 Å². The summed E-state index contributed by atoms with van der Waals surface area (Å²) >= 11 is 3.32. The molecule has 2 aliphatic rings. The van der Waals surface area contributed by atoms with Crippen molar-refractivity contribution in [2.45, 2.75) is 44.6 Å². The summed E-state index contributed by atoms with van der Waals surface area (Å²) in [6, 6.07) is 8.77. The van der Waals surface area contributed by atoms with Crippen LogP contribution in [-0.4, -0.2) is 45.0 Å². The van der Waals surface area contributed by atoms with E-state index in [1.54, 1.807) is 29.0 Å². The fourth-order valence-electron chi connectivity index (χ4n) is 4.78. The monoisotopic (exact) mass is 490 g/mol. The molecule has 2 N–H and O–H groups in total. The van der Waals surface area contributed by atoms with Crippen LogP contribution in [0.3, 0.4) is 0 Å². The summed E-state index contributed by atoms with van der Waals surface area (Å²) < 4.78 is 1.17. The van der Waals surface area contributed by atoms with E-state index in [-0.39, 0.29) is 6.03 Å². The molecule has 0 atom stereocenters. The first kappa shape index (κ1) is 21.5. The lowest BCUT2D eigenvalue weighted by molar-refractivity contribution is 0.195. The maximum absolute atomic E-state index is 12.7. The molecule has 4 heterocycles. The summed E-state index contributed by atoms with van der Waals surface area (Å²) in [6.07, 6.45) is 10.6. The smallest absolute Gasteiger partial charge is 0.317 e. The van der Waals surface area contributed by atoms with Crippen LogP contribution in [0.2, 0.25) is 0 Å². The van der Waals surface area contributed by atoms with Gasteiger partial charge in [-0.25, -0.2) is 19.7 Å². The Morgan fingerprint density at radius 3 is 2.85 bits per heavy atom. The van der Waals surface area contributed by atoms with E-state index in [2.05, 4.69) is 49.9 Å². The Labute approximate surface area is 205 Å². The van der Waals surface area contributed by atoms with Crippen LogP contribution in [0.5, 0.6) is 0 Å². The molecule has 0 radical (unpaired) electrons. The molecule has 0 saturated heterocycles.